The lowest BCUT2D eigenvalue weighted by Gasteiger charge is -2.11. The van der Waals surface area contributed by atoms with E-state index in [0.29, 0.717) is 5.71 Å². The molecule has 0 saturated carbocycles. The van der Waals surface area contributed by atoms with Crippen LogP contribution < -0.4 is 0 Å². The first-order valence-electron chi connectivity index (χ1n) is 19.3. The van der Waals surface area contributed by atoms with Crippen molar-refractivity contribution in [3.05, 3.63) is 182 Å². The molecule has 0 radical (unpaired) electrons. The summed E-state index contributed by atoms with van der Waals surface area (Å²) in [5.74, 6) is 0. The van der Waals surface area contributed by atoms with Crippen LogP contribution in [0.25, 0.3) is 121 Å². The van der Waals surface area contributed by atoms with Crippen LogP contribution in [0.4, 0.5) is 0 Å². The Kier molecular flexibility index (Phi) is 6.10. The van der Waals surface area contributed by atoms with E-state index in [1.165, 1.54) is 54.4 Å². The first-order valence-corrected chi connectivity index (χ1v) is 19.3. The molecule has 13 rings (SSSR count). The Balaban J connectivity index is 1.02. The number of aromatic nitrogens is 4. The maximum Gasteiger partial charge on any atom is 0.246 e. The molecule has 13 aromatic rings. The highest BCUT2D eigenvalue weighted by Crippen LogP contribution is 2.41. The number of benzene rings is 9. The number of para-hydroxylation sites is 3. The van der Waals surface area contributed by atoms with Crippen molar-refractivity contribution >= 4 is 98.4 Å². The van der Waals surface area contributed by atoms with E-state index in [0.717, 1.165) is 60.8 Å². The van der Waals surface area contributed by atoms with Gasteiger partial charge < -0.3 is 13.6 Å². The molecule has 0 aliphatic rings. The minimum atomic E-state index is 0.550. The number of rotatable bonds is 3. The van der Waals surface area contributed by atoms with Crippen LogP contribution in [0.2, 0.25) is 0 Å². The molecule has 0 fully saturated rings. The van der Waals surface area contributed by atoms with E-state index < -0.39 is 0 Å². The number of hydrogen-bond donors (Lipinski definition) is 0. The molecule has 0 spiro atoms. The zero-order chi connectivity index (χ0) is 37.2. The highest BCUT2D eigenvalue weighted by Gasteiger charge is 2.20. The summed E-state index contributed by atoms with van der Waals surface area (Å²) in [5.41, 5.74) is 13.1. The van der Waals surface area contributed by atoms with Gasteiger partial charge in [-0.15, -0.1) is 0 Å². The van der Waals surface area contributed by atoms with Gasteiger partial charge in [-0.25, -0.2) is 9.97 Å². The SMILES string of the molecule is c1ccc(-n2c3ccccc3c3cc4c(cc32)c2ccccc2n4-c2cccc(-c3ccc4oc5nc6c7ccccc7c7ccccc7c6nc5c4c3)c2)cc1. The Hall–Kier alpha value is -7.76. The molecule has 0 amide bonds. The molecule has 5 nitrogen and oxygen atoms in total. The Morgan fingerprint density at radius 2 is 0.842 bits per heavy atom. The average molecular weight is 727 g/mol. The summed E-state index contributed by atoms with van der Waals surface area (Å²) < 4.78 is 11.2. The van der Waals surface area contributed by atoms with E-state index >= 15 is 0 Å². The number of nitrogens with zero attached hydrogens (tertiary/aromatic N) is 4. The smallest absolute Gasteiger partial charge is 0.246 e. The Morgan fingerprint density at radius 3 is 1.51 bits per heavy atom. The van der Waals surface area contributed by atoms with Gasteiger partial charge in [0.05, 0.1) is 27.6 Å². The quantitative estimate of drug-likeness (QED) is 0.170. The normalized spacial score (nSPS) is 12.2. The third kappa shape index (κ3) is 4.28. The van der Waals surface area contributed by atoms with Gasteiger partial charge in [0.25, 0.3) is 0 Å². The summed E-state index contributed by atoms with van der Waals surface area (Å²) >= 11 is 0. The van der Waals surface area contributed by atoms with E-state index in [-0.39, 0.29) is 0 Å². The van der Waals surface area contributed by atoms with Crippen molar-refractivity contribution in [1.82, 2.24) is 19.1 Å². The third-order valence-corrected chi connectivity index (χ3v) is 11.9. The first-order chi connectivity index (χ1) is 28.3. The minimum Gasteiger partial charge on any atom is -0.436 e. The Labute approximate surface area is 325 Å². The van der Waals surface area contributed by atoms with Crippen molar-refractivity contribution in [2.45, 2.75) is 0 Å². The molecule has 9 aromatic carbocycles. The maximum absolute atomic E-state index is 6.41. The number of hydrogen-bond acceptors (Lipinski definition) is 3. The van der Waals surface area contributed by atoms with Crippen LogP contribution >= 0.6 is 0 Å². The van der Waals surface area contributed by atoms with E-state index in [4.69, 9.17) is 14.4 Å². The van der Waals surface area contributed by atoms with E-state index in [1.807, 2.05) is 0 Å². The lowest BCUT2D eigenvalue weighted by Crippen LogP contribution is -1.95. The van der Waals surface area contributed by atoms with Crippen LogP contribution in [0.1, 0.15) is 0 Å². The van der Waals surface area contributed by atoms with E-state index in [2.05, 4.69) is 191 Å². The predicted molar refractivity (Wildman–Crippen MR) is 236 cm³/mol. The van der Waals surface area contributed by atoms with E-state index in [9.17, 15) is 0 Å². The van der Waals surface area contributed by atoms with Gasteiger partial charge in [-0.1, -0.05) is 121 Å². The van der Waals surface area contributed by atoms with Crippen molar-refractivity contribution < 1.29 is 4.42 Å². The van der Waals surface area contributed by atoms with Crippen LogP contribution in [0, 0.1) is 0 Å². The minimum absolute atomic E-state index is 0.550. The molecule has 264 valence electrons. The molecule has 4 aromatic heterocycles. The monoisotopic (exact) mass is 726 g/mol. The molecule has 0 unspecified atom stereocenters. The van der Waals surface area contributed by atoms with Gasteiger partial charge in [0.1, 0.15) is 16.6 Å². The summed E-state index contributed by atoms with van der Waals surface area (Å²) in [5, 5.41) is 10.4. The number of furan rings is 1. The molecule has 4 heterocycles. The van der Waals surface area contributed by atoms with Gasteiger partial charge in [-0.2, -0.15) is 0 Å². The lowest BCUT2D eigenvalue weighted by atomic mass is 9.99. The summed E-state index contributed by atoms with van der Waals surface area (Å²) in [7, 11) is 0. The van der Waals surface area contributed by atoms with Crippen LogP contribution in [-0.4, -0.2) is 19.1 Å². The maximum atomic E-state index is 6.41. The number of fused-ring (bicyclic) bond motifs is 15. The fourth-order valence-electron chi connectivity index (χ4n) is 9.37. The van der Waals surface area contributed by atoms with Crippen molar-refractivity contribution in [3.8, 4) is 22.5 Å². The second-order valence-electron chi connectivity index (χ2n) is 15.0. The topological polar surface area (TPSA) is 48.8 Å². The van der Waals surface area contributed by atoms with Gasteiger partial charge in [0.15, 0.2) is 0 Å². The van der Waals surface area contributed by atoms with Gasteiger partial charge in [0.2, 0.25) is 5.71 Å². The molecule has 0 aliphatic heterocycles. The molecule has 57 heavy (non-hydrogen) atoms. The largest absolute Gasteiger partial charge is 0.436 e. The Morgan fingerprint density at radius 1 is 0.316 bits per heavy atom. The molecule has 5 heteroatoms. The fourth-order valence-corrected chi connectivity index (χ4v) is 9.37. The second kappa shape index (κ2) is 11.4. The van der Waals surface area contributed by atoms with Crippen molar-refractivity contribution in [2.24, 2.45) is 0 Å². The third-order valence-electron chi connectivity index (χ3n) is 11.9. The van der Waals surface area contributed by atoms with Crippen LogP contribution in [0.5, 0.6) is 0 Å². The standard InChI is InChI=1S/C52H30N4O/c1-2-14-33(15-3-1)55-44-23-10-8-19-37(44)41-30-47-42(29-46(41)55)38-20-9-11-24-45(38)56(47)34-16-12-13-31(27-34)32-25-26-48-43(28-32)51-52(57-48)54-50-40-22-7-5-18-36(40)35-17-4-6-21-39(35)49(50)53-51/h1-30H. The molecule has 0 N–H and O–H groups in total. The summed E-state index contributed by atoms with van der Waals surface area (Å²) in [6.07, 6.45) is 0. The summed E-state index contributed by atoms with van der Waals surface area (Å²) in [6, 6.07) is 65.1. The van der Waals surface area contributed by atoms with Crippen LogP contribution in [0.3, 0.4) is 0 Å². The average Bonchev–Trinajstić information content (AvgIpc) is 3.92. The zero-order valence-electron chi connectivity index (χ0n) is 30.5. The molecule has 0 bridgehead atoms. The molecular formula is C52H30N4O. The predicted octanol–water partition coefficient (Wildman–Crippen LogP) is 13.7. The Bertz CT molecular complexity index is 3810. The first kappa shape index (κ1) is 30.6. The summed E-state index contributed by atoms with van der Waals surface area (Å²) in [4.78, 5) is 10.4. The van der Waals surface area contributed by atoms with Crippen LogP contribution in [0.15, 0.2) is 186 Å². The highest BCUT2D eigenvalue weighted by atomic mass is 16.3. The zero-order valence-corrected chi connectivity index (χ0v) is 30.5. The second-order valence-corrected chi connectivity index (χ2v) is 15.0. The highest BCUT2D eigenvalue weighted by molar-refractivity contribution is 6.24. The lowest BCUT2D eigenvalue weighted by molar-refractivity contribution is 0.655. The molecule has 0 aliphatic carbocycles. The van der Waals surface area contributed by atoms with Crippen molar-refractivity contribution in [2.75, 3.05) is 0 Å². The fraction of sp³-hybridized carbons (Fsp3) is 0. The van der Waals surface area contributed by atoms with Gasteiger partial charge in [0, 0.05) is 49.1 Å². The van der Waals surface area contributed by atoms with Gasteiger partial charge in [-0.05, 0) is 82.6 Å². The molecule has 0 saturated heterocycles. The molecular weight excluding hydrogens is 697 g/mol. The summed E-state index contributed by atoms with van der Waals surface area (Å²) in [6.45, 7) is 0. The van der Waals surface area contributed by atoms with Crippen molar-refractivity contribution in [1.29, 1.82) is 0 Å². The van der Waals surface area contributed by atoms with Crippen molar-refractivity contribution in [3.63, 3.8) is 0 Å². The molecule has 0 atom stereocenters. The van der Waals surface area contributed by atoms with Gasteiger partial charge >= 0.3 is 0 Å². The van der Waals surface area contributed by atoms with Crippen LogP contribution in [-0.2, 0) is 0 Å². The van der Waals surface area contributed by atoms with E-state index in [1.54, 1.807) is 0 Å². The van der Waals surface area contributed by atoms with Gasteiger partial charge in [-0.3, -0.25) is 0 Å².